The molecule has 0 spiro atoms. The zero-order valence-corrected chi connectivity index (χ0v) is 10.8. The maximum atomic E-state index is 13.1. The number of nitrogens with zero attached hydrogens (tertiary/aromatic N) is 1. The number of hydrogen-bond acceptors (Lipinski definition) is 2. The predicted octanol–water partition coefficient (Wildman–Crippen LogP) is 2.32. The van der Waals surface area contributed by atoms with Gasteiger partial charge in [0.25, 0.3) is 0 Å². The predicted molar refractivity (Wildman–Crippen MR) is 66.1 cm³/mol. The highest BCUT2D eigenvalue weighted by molar-refractivity contribution is 7.92. The van der Waals surface area contributed by atoms with Gasteiger partial charge in [0.05, 0.1) is 11.4 Å². The van der Waals surface area contributed by atoms with Gasteiger partial charge in [-0.3, -0.25) is 4.31 Å². The molecule has 0 aromatic heterocycles. The summed E-state index contributed by atoms with van der Waals surface area (Å²) >= 11 is 0. The van der Waals surface area contributed by atoms with Gasteiger partial charge in [-0.15, -0.1) is 0 Å². The Balaban J connectivity index is 2.55. The third-order valence-electron chi connectivity index (χ3n) is 3.18. The fourth-order valence-electron chi connectivity index (χ4n) is 2.25. The van der Waals surface area contributed by atoms with Gasteiger partial charge in [0.1, 0.15) is 5.82 Å². The molecule has 1 aliphatic rings. The molecule has 1 atom stereocenters. The Morgan fingerprint density at radius 1 is 1.47 bits per heavy atom. The van der Waals surface area contributed by atoms with Crippen LogP contribution in [0.5, 0.6) is 0 Å². The molecular formula is C12H16FNO2S. The minimum absolute atomic E-state index is 0.0575. The highest BCUT2D eigenvalue weighted by Gasteiger charge is 2.31. The molecule has 0 radical (unpaired) electrons. The van der Waals surface area contributed by atoms with Crippen LogP contribution in [0.25, 0.3) is 0 Å². The number of benzene rings is 1. The summed E-state index contributed by atoms with van der Waals surface area (Å²) in [6.07, 6.45) is 1.46. The monoisotopic (exact) mass is 257 g/mol. The third kappa shape index (κ3) is 2.16. The minimum Gasteiger partial charge on any atom is -0.267 e. The molecule has 2 rings (SSSR count). The van der Waals surface area contributed by atoms with Crippen molar-refractivity contribution in [2.45, 2.75) is 32.7 Å². The van der Waals surface area contributed by atoms with Crippen LogP contribution in [0.1, 0.15) is 25.8 Å². The van der Waals surface area contributed by atoms with Gasteiger partial charge < -0.3 is 0 Å². The van der Waals surface area contributed by atoms with Crippen molar-refractivity contribution in [2.24, 2.45) is 0 Å². The number of rotatable bonds is 2. The molecule has 5 heteroatoms. The lowest BCUT2D eigenvalue weighted by atomic mass is 9.99. The summed E-state index contributed by atoms with van der Waals surface area (Å²) in [5.74, 6) is -0.249. The normalized spacial score (nSPS) is 20.2. The number of hydrogen-bond donors (Lipinski definition) is 0. The number of fused-ring (bicyclic) bond motifs is 1. The van der Waals surface area contributed by atoms with Crippen molar-refractivity contribution in [1.29, 1.82) is 0 Å². The van der Waals surface area contributed by atoms with E-state index < -0.39 is 10.0 Å². The zero-order valence-electron chi connectivity index (χ0n) is 9.98. The van der Waals surface area contributed by atoms with E-state index in [2.05, 4.69) is 0 Å². The molecule has 0 saturated carbocycles. The summed E-state index contributed by atoms with van der Waals surface area (Å²) in [7, 11) is -3.29. The molecule has 0 bridgehead atoms. The second-order valence-electron chi connectivity index (χ2n) is 4.36. The lowest BCUT2D eigenvalue weighted by Gasteiger charge is -2.35. The molecule has 1 aromatic rings. The van der Waals surface area contributed by atoms with Gasteiger partial charge in [-0.1, -0.05) is 0 Å². The van der Waals surface area contributed by atoms with E-state index in [9.17, 15) is 12.8 Å². The van der Waals surface area contributed by atoms with Crippen molar-refractivity contribution in [3.63, 3.8) is 0 Å². The van der Waals surface area contributed by atoms with Crippen LogP contribution < -0.4 is 4.31 Å². The number of aryl methyl sites for hydroxylation is 1. The van der Waals surface area contributed by atoms with Gasteiger partial charge >= 0.3 is 0 Å². The topological polar surface area (TPSA) is 37.4 Å². The van der Waals surface area contributed by atoms with Crippen LogP contribution in [-0.4, -0.2) is 20.2 Å². The molecule has 17 heavy (non-hydrogen) atoms. The van der Waals surface area contributed by atoms with Crippen LogP contribution >= 0.6 is 0 Å². The maximum Gasteiger partial charge on any atom is 0.235 e. The van der Waals surface area contributed by atoms with Crippen LogP contribution in [0.4, 0.5) is 10.1 Å². The molecule has 1 heterocycles. The number of anilines is 1. The van der Waals surface area contributed by atoms with Gasteiger partial charge in [0.15, 0.2) is 0 Å². The molecular weight excluding hydrogens is 241 g/mol. The van der Waals surface area contributed by atoms with Gasteiger partial charge in [-0.05, 0) is 50.5 Å². The van der Waals surface area contributed by atoms with Crippen molar-refractivity contribution < 1.29 is 12.8 Å². The fraction of sp³-hybridized carbons (Fsp3) is 0.500. The molecule has 1 aromatic carbocycles. The van der Waals surface area contributed by atoms with Crippen LogP contribution in [0.15, 0.2) is 18.2 Å². The summed E-state index contributed by atoms with van der Waals surface area (Å²) in [5.41, 5.74) is 1.41. The van der Waals surface area contributed by atoms with Crippen molar-refractivity contribution in [3.05, 3.63) is 29.6 Å². The average Bonchev–Trinajstić information content (AvgIpc) is 2.29. The Bertz CT molecular complexity index is 527. The van der Waals surface area contributed by atoms with Crippen LogP contribution in [-0.2, 0) is 16.4 Å². The number of halogens is 1. The SMILES string of the molecule is CCS(=O)(=O)N1c2ccc(F)cc2CCC1C. The van der Waals surface area contributed by atoms with E-state index in [0.29, 0.717) is 5.69 Å². The first-order valence-electron chi connectivity index (χ1n) is 5.76. The maximum absolute atomic E-state index is 13.1. The van der Waals surface area contributed by atoms with Crippen molar-refractivity contribution in [2.75, 3.05) is 10.1 Å². The second-order valence-corrected chi connectivity index (χ2v) is 6.49. The lowest BCUT2D eigenvalue weighted by molar-refractivity contribution is 0.561. The Hall–Kier alpha value is -1.10. The molecule has 3 nitrogen and oxygen atoms in total. The Kier molecular flexibility index (Phi) is 3.12. The largest absolute Gasteiger partial charge is 0.267 e. The Labute approximate surface area is 101 Å². The number of sulfonamides is 1. The highest BCUT2D eigenvalue weighted by atomic mass is 32.2. The fourth-order valence-corrected chi connectivity index (χ4v) is 3.66. The van der Waals surface area contributed by atoms with E-state index in [0.717, 1.165) is 18.4 Å². The van der Waals surface area contributed by atoms with E-state index in [4.69, 9.17) is 0 Å². The zero-order chi connectivity index (χ0) is 12.6. The standard InChI is InChI=1S/C12H16FNO2S/c1-3-17(15,16)14-9(2)4-5-10-8-11(13)6-7-12(10)14/h6-9H,3-5H2,1-2H3. The first-order chi connectivity index (χ1) is 7.95. The van der Waals surface area contributed by atoms with Crippen molar-refractivity contribution in [3.8, 4) is 0 Å². The molecule has 0 amide bonds. The molecule has 0 aliphatic carbocycles. The summed E-state index contributed by atoms with van der Waals surface area (Å²) < 4.78 is 38.7. The molecule has 1 aliphatic heterocycles. The summed E-state index contributed by atoms with van der Waals surface area (Å²) in [6, 6.07) is 4.25. The lowest BCUT2D eigenvalue weighted by Crippen LogP contribution is -2.42. The first kappa shape index (κ1) is 12.4. The Morgan fingerprint density at radius 2 is 2.18 bits per heavy atom. The third-order valence-corrected chi connectivity index (χ3v) is 5.06. The quantitative estimate of drug-likeness (QED) is 0.815. The molecule has 0 N–H and O–H groups in total. The smallest absolute Gasteiger partial charge is 0.235 e. The van der Waals surface area contributed by atoms with E-state index in [1.54, 1.807) is 13.0 Å². The van der Waals surface area contributed by atoms with Crippen molar-refractivity contribution >= 4 is 15.7 Å². The van der Waals surface area contributed by atoms with Crippen LogP contribution in [0.3, 0.4) is 0 Å². The van der Waals surface area contributed by atoms with Crippen LogP contribution in [0, 0.1) is 5.82 Å². The molecule has 94 valence electrons. The van der Waals surface area contributed by atoms with Gasteiger partial charge in [-0.25, -0.2) is 12.8 Å². The highest BCUT2D eigenvalue weighted by Crippen LogP contribution is 2.33. The van der Waals surface area contributed by atoms with E-state index >= 15 is 0 Å². The average molecular weight is 257 g/mol. The first-order valence-corrected chi connectivity index (χ1v) is 7.37. The second kappa shape index (κ2) is 4.29. The Morgan fingerprint density at radius 3 is 2.82 bits per heavy atom. The molecule has 0 saturated heterocycles. The summed E-state index contributed by atoms with van der Waals surface area (Å²) in [5, 5.41) is 0. The molecule has 1 unspecified atom stereocenters. The summed E-state index contributed by atoms with van der Waals surface area (Å²) in [6.45, 7) is 3.51. The van der Waals surface area contributed by atoms with Gasteiger partial charge in [-0.2, -0.15) is 0 Å². The van der Waals surface area contributed by atoms with Crippen molar-refractivity contribution in [1.82, 2.24) is 0 Å². The van der Waals surface area contributed by atoms with Gasteiger partial charge in [0.2, 0.25) is 10.0 Å². The van der Waals surface area contributed by atoms with E-state index in [1.165, 1.54) is 16.4 Å². The van der Waals surface area contributed by atoms with E-state index in [-0.39, 0.29) is 17.6 Å². The summed E-state index contributed by atoms with van der Waals surface area (Å²) in [4.78, 5) is 0. The minimum atomic E-state index is -3.29. The van der Waals surface area contributed by atoms with Gasteiger partial charge in [0, 0.05) is 6.04 Å². The van der Waals surface area contributed by atoms with E-state index in [1.807, 2.05) is 6.92 Å². The molecule has 0 fully saturated rings. The van der Waals surface area contributed by atoms with Crippen LogP contribution in [0.2, 0.25) is 0 Å².